The maximum absolute atomic E-state index is 9.37. The monoisotopic (exact) mass is 284 g/mol. The number of rotatable bonds is 5. The Balaban J connectivity index is 1.81. The van der Waals surface area contributed by atoms with Crippen LogP contribution in [0.2, 0.25) is 0 Å². The molecule has 108 valence electrons. The lowest BCUT2D eigenvalue weighted by atomic mass is 10.1. The Bertz CT molecular complexity index is 724. The Morgan fingerprint density at radius 2 is 2.00 bits per heavy atom. The van der Waals surface area contributed by atoms with Crippen LogP contribution in [0, 0.1) is 0 Å². The summed E-state index contributed by atoms with van der Waals surface area (Å²) in [5.41, 5.74) is 8.32. The van der Waals surface area contributed by atoms with E-state index < -0.39 is 6.10 Å². The highest BCUT2D eigenvalue weighted by atomic mass is 16.5. The van der Waals surface area contributed by atoms with Gasteiger partial charge in [-0.1, -0.05) is 12.1 Å². The van der Waals surface area contributed by atoms with E-state index in [1.165, 1.54) is 0 Å². The van der Waals surface area contributed by atoms with Crippen molar-refractivity contribution in [1.82, 2.24) is 14.8 Å². The molecule has 6 heteroatoms. The van der Waals surface area contributed by atoms with Crippen LogP contribution in [0.4, 0.5) is 0 Å². The van der Waals surface area contributed by atoms with Gasteiger partial charge >= 0.3 is 0 Å². The lowest BCUT2D eigenvalue weighted by Gasteiger charge is -2.10. The molecule has 2 aromatic heterocycles. The largest absolute Gasteiger partial charge is 0.491 e. The van der Waals surface area contributed by atoms with E-state index >= 15 is 0 Å². The molecule has 1 aromatic carbocycles. The molecule has 3 rings (SSSR count). The van der Waals surface area contributed by atoms with Gasteiger partial charge in [0.05, 0.1) is 11.7 Å². The smallest absolute Gasteiger partial charge is 0.119 e. The number of hydrogen-bond donors (Lipinski definition) is 2. The minimum atomic E-state index is -0.643. The molecule has 2 heterocycles. The van der Waals surface area contributed by atoms with Crippen molar-refractivity contribution < 1.29 is 9.84 Å². The van der Waals surface area contributed by atoms with E-state index in [4.69, 9.17) is 10.5 Å². The van der Waals surface area contributed by atoms with E-state index in [0.717, 1.165) is 16.6 Å². The van der Waals surface area contributed by atoms with Crippen LogP contribution >= 0.6 is 0 Å². The summed E-state index contributed by atoms with van der Waals surface area (Å²) >= 11 is 0. The normalized spacial score (nSPS) is 12.5. The second kappa shape index (κ2) is 5.90. The van der Waals surface area contributed by atoms with Gasteiger partial charge in [-0.2, -0.15) is 14.8 Å². The highest BCUT2D eigenvalue weighted by Crippen LogP contribution is 2.25. The van der Waals surface area contributed by atoms with Crippen molar-refractivity contribution in [2.45, 2.75) is 6.10 Å². The van der Waals surface area contributed by atoms with Gasteiger partial charge in [-0.15, -0.1) is 0 Å². The van der Waals surface area contributed by atoms with Gasteiger partial charge in [0.15, 0.2) is 0 Å². The van der Waals surface area contributed by atoms with Gasteiger partial charge in [-0.25, -0.2) is 0 Å². The zero-order chi connectivity index (χ0) is 14.7. The Labute approximate surface area is 121 Å². The van der Waals surface area contributed by atoms with Gasteiger partial charge in [0.1, 0.15) is 18.5 Å². The van der Waals surface area contributed by atoms with Gasteiger partial charge in [-0.3, -0.25) is 0 Å². The third-order valence-electron chi connectivity index (χ3n) is 3.18. The van der Waals surface area contributed by atoms with Gasteiger partial charge < -0.3 is 15.6 Å². The van der Waals surface area contributed by atoms with Crippen LogP contribution in [0.25, 0.3) is 16.6 Å². The molecule has 0 saturated heterocycles. The number of hydrogen-bond acceptors (Lipinski definition) is 5. The first kappa shape index (κ1) is 13.5. The standard InChI is InChI=1S/C15H16N4O2/c16-8-12(20)10-21-13-5-3-11(4-6-13)14-9-18-19-15(14)2-1-7-17-19/h1-7,9,12,20H,8,10,16H2. The molecule has 0 saturated carbocycles. The summed E-state index contributed by atoms with van der Waals surface area (Å²) < 4.78 is 7.05. The zero-order valence-corrected chi connectivity index (χ0v) is 11.4. The minimum Gasteiger partial charge on any atom is -0.491 e. The van der Waals surface area contributed by atoms with E-state index in [9.17, 15) is 5.11 Å². The van der Waals surface area contributed by atoms with Crippen LogP contribution < -0.4 is 10.5 Å². The molecule has 1 unspecified atom stereocenters. The fraction of sp³-hybridized carbons (Fsp3) is 0.200. The van der Waals surface area contributed by atoms with E-state index in [1.807, 2.05) is 36.4 Å². The number of benzene rings is 1. The van der Waals surface area contributed by atoms with Crippen LogP contribution in [0.3, 0.4) is 0 Å². The molecular weight excluding hydrogens is 268 g/mol. The third kappa shape index (κ3) is 2.86. The number of aromatic nitrogens is 3. The summed E-state index contributed by atoms with van der Waals surface area (Å²) in [7, 11) is 0. The van der Waals surface area contributed by atoms with Gasteiger partial charge in [0, 0.05) is 18.3 Å². The fourth-order valence-electron chi connectivity index (χ4n) is 2.05. The lowest BCUT2D eigenvalue weighted by Crippen LogP contribution is -2.26. The van der Waals surface area contributed by atoms with E-state index in [-0.39, 0.29) is 13.2 Å². The fourth-order valence-corrected chi connectivity index (χ4v) is 2.05. The molecule has 6 nitrogen and oxygen atoms in total. The Morgan fingerprint density at radius 3 is 2.76 bits per heavy atom. The maximum Gasteiger partial charge on any atom is 0.119 e. The average molecular weight is 284 g/mol. The number of nitrogens with zero attached hydrogens (tertiary/aromatic N) is 3. The predicted molar refractivity (Wildman–Crippen MR) is 79.0 cm³/mol. The first-order chi connectivity index (χ1) is 10.3. The molecule has 0 fully saturated rings. The summed E-state index contributed by atoms with van der Waals surface area (Å²) in [6.45, 7) is 0.379. The molecular formula is C15H16N4O2. The highest BCUT2D eigenvalue weighted by Gasteiger charge is 2.07. The van der Waals surface area contributed by atoms with Crippen molar-refractivity contribution >= 4 is 5.52 Å². The predicted octanol–water partition coefficient (Wildman–Crippen LogP) is 1.09. The summed E-state index contributed by atoms with van der Waals surface area (Å²) in [6.07, 6.45) is 2.84. The summed E-state index contributed by atoms with van der Waals surface area (Å²) in [4.78, 5) is 0. The number of aliphatic hydroxyl groups is 1. The van der Waals surface area contributed by atoms with Crippen LogP contribution in [0.5, 0.6) is 5.75 Å². The molecule has 3 aromatic rings. The van der Waals surface area contributed by atoms with Crippen molar-refractivity contribution in [3.8, 4) is 16.9 Å². The molecule has 0 bridgehead atoms. The van der Waals surface area contributed by atoms with E-state index in [2.05, 4.69) is 10.2 Å². The molecule has 0 radical (unpaired) electrons. The number of fused-ring (bicyclic) bond motifs is 1. The maximum atomic E-state index is 9.37. The average Bonchev–Trinajstić information content (AvgIpc) is 2.97. The SMILES string of the molecule is NCC(O)COc1ccc(-c2cnn3ncccc23)cc1. The zero-order valence-electron chi connectivity index (χ0n) is 11.4. The number of aliphatic hydroxyl groups excluding tert-OH is 1. The van der Waals surface area contributed by atoms with Gasteiger partial charge in [0.2, 0.25) is 0 Å². The van der Waals surface area contributed by atoms with Crippen molar-refractivity contribution in [3.63, 3.8) is 0 Å². The summed E-state index contributed by atoms with van der Waals surface area (Å²) in [5, 5.41) is 17.7. The highest BCUT2D eigenvalue weighted by molar-refractivity contribution is 5.79. The van der Waals surface area contributed by atoms with Crippen molar-refractivity contribution in [2.24, 2.45) is 5.73 Å². The van der Waals surface area contributed by atoms with E-state index in [1.54, 1.807) is 17.0 Å². The molecule has 0 aliphatic rings. The quantitative estimate of drug-likeness (QED) is 0.732. The summed E-state index contributed by atoms with van der Waals surface area (Å²) in [5.74, 6) is 0.695. The van der Waals surface area contributed by atoms with Gasteiger partial charge in [-0.05, 0) is 29.8 Å². The summed E-state index contributed by atoms with van der Waals surface area (Å²) in [6, 6.07) is 11.5. The lowest BCUT2D eigenvalue weighted by molar-refractivity contribution is 0.114. The molecule has 3 N–H and O–H groups in total. The molecule has 21 heavy (non-hydrogen) atoms. The van der Waals surface area contributed by atoms with Crippen LogP contribution in [0.1, 0.15) is 0 Å². The second-order valence-corrected chi connectivity index (χ2v) is 4.68. The van der Waals surface area contributed by atoms with E-state index in [0.29, 0.717) is 5.75 Å². The Morgan fingerprint density at radius 1 is 1.19 bits per heavy atom. The van der Waals surface area contributed by atoms with Crippen molar-refractivity contribution in [3.05, 3.63) is 48.8 Å². The number of nitrogens with two attached hydrogens (primary N) is 1. The van der Waals surface area contributed by atoms with Crippen molar-refractivity contribution in [1.29, 1.82) is 0 Å². The molecule has 0 spiro atoms. The Kier molecular flexibility index (Phi) is 3.81. The molecule has 0 aliphatic heterocycles. The van der Waals surface area contributed by atoms with Crippen LogP contribution in [0.15, 0.2) is 48.8 Å². The third-order valence-corrected chi connectivity index (χ3v) is 3.18. The Hall–Kier alpha value is -2.44. The van der Waals surface area contributed by atoms with Crippen molar-refractivity contribution in [2.75, 3.05) is 13.2 Å². The first-order valence-electron chi connectivity index (χ1n) is 6.68. The van der Waals surface area contributed by atoms with Gasteiger partial charge in [0.25, 0.3) is 0 Å². The first-order valence-corrected chi connectivity index (χ1v) is 6.68. The molecule has 0 aliphatic carbocycles. The number of ether oxygens (including phenoxy) is 1. The topological polar surface area (TPSA) is 85.7 Å². The second-order valence-electron chi connectivity index (χ2n) is 4.68. The minimum absolute atomic E-state index is 0.188. The van der Waals surface area contributed by atoms with Crippen LogP contribution in [-0.4, -0.2) is 39.2 Å². The molecule has 1 atom stereocenters. The van der Waals surface area contributed by atoms with Crippen LogP contribution in [-0.2, 0) is 0 Å². The molecule has 0 amide bonds.